The van der Waals surface area contributed by atoms with Gasteiger partial charge in [0.05, 0.1) is 29.7 Å². The highest BCUT2D eigenvalue weighted by molar-refractivity contribution is 6.22. The normalized spacial score (nSPS) is 21.1. The van der Waals surface area contributed by atoms with E-state index < -0.39 is 18.0 Å². The van der Waals surface area contributed by atoms with E-state index in [4.69, 9.17) is 9.47 Å². The van der Waals surface area contributed by atoms with Crippen LogP contribution in [0.4, 0.5) is 5.69 Å². The molecule has 1 aliphatic carbocycles. The molecule has 32 heavy (non-hydrogen) atoms. The Bertz CT molecular complexity index is 1010. The molecule has 0 radical (unpaired) electrons. The summed E-state index contributed by atoms with van der Waals surface area (Å²) in [6.45, 7) is 1.82. The fourth-order valence-corrected chi connectivity index (χ4v) is 4.46. The molecule has 0 N–H and O–H groups in total. The van der Waals surface area contributed by atoms with Crippen molar-refractivity contribution in [2.75, 3.05) is 11.5 Å². The zero-order chi connectivity index (χ0) is 22.7. The highest BCUT2D eigenvalue weighted by Crippen LogP contribution is 2.40. The van der Waals surface area contributed by atoms with E-state index in [-0.39, 0.29) is 35.8 Å². The van der Waals surface area contributed by atoms with Crippen LogP contribution in [0.5, 0.6) is 0 Å². The summed E-state index contributed by atoms with van der Waals surface area (Å²) in [5.74, 6) is -2.39. The lowest BCUT2D eigenvalue weighted by Crippen LogP contribution is -2.31. The monoisotopic (exact) mass is 435 g/mol. The van der Waals surface area contributed by atoms with Crippen molar-refractivity contribution >= 4 is 29.4 Å². The van der Waals surface area contributed by atoms with Gasteiger partial charge in [-0.2, -0.15) is 0 Å². The lowest BCUT2D eigenvalue weighted by Gasteiger charge is -2.19. The maximum Gasteiger partial charge on any atom is 0.352 e. The van der Waals surface area contributed by atoms with Crippen molar-refractivity contribution < 1.29 is 28.7 Å². The van der Waals surface area contributed by atoms with E-state index in [2.05, 4.69) is 0 Å². The molecular weight excluding hydrogens is 410 g/mol. The zero-order valence-corrected chi connectivity index (χ0v) is 17.9. The van der Waals surface area contributed by atoms with Crippen molar-refractivity contribution in [2.45, 2.75) is 38.7 Å². The minimum Gasteiger partial charge on any atom is -0.463 e. The number of fused-ring (bicyclic) bond motifs is 1. The summed E-state index contributed by atoms with van der Waals surface area (Å²) in [6, 6.07) is 14.8. The summed E-state index contributed by atoms with van der Waals surface area (Å²) in [6.07, 6.45) is 2.09. The number of esters is 2. The van der Waals surface area contributed by atoms with Crippen molar-refractivity contribution in [1.82, 2.24) is 0 Å². The van der Waals surface area contributed by atoms with Gasteiger partial charge in [-0.15, -0.1) is 0 Å². The lowest BCUT2D eigenvalue weighted by molar-refractivity contribution is -0.153. The van der Waals surface area contributed by atoms with E-state index in [1.807, 2.05) is 0 Å². The van der Waals surface area contributed by atoms with E-state index in [9.17, 15) is 19.2 Å². The Labute approximate surface area is 186 Å². The molecule has 7 heteroatoms. The van der Waals surface area contributed by atoms with Gasteiger partial charge in [-0.1, -0.05) is 49.2 Å². The number of nitrogens with zero attached hydrogens (tertiary/aromatic N) is 1. The van der Waals surface area contributed by atoms with Gasteiger partial charge in [0.25, 0.3) is 0 Å². The third-order valence-corrected chi connectivity index (χ3v) is 6.01. The number of benzene rings is 2. The number of amides is 2. The van der Waals surface area contributed by atoms with Gasteiger partial charge < -0.3 is 9.47 Å². The smallest absolute Gasteiger partial charge is 0.352 e. The molecule has 2 aliphatic rings. The highest BCUT2D eigenvalue weighted by Gasteiger charge is 2.48. The predicted molar refractivity (Wildman–Crippen MR) is 116 cm³/mol. The Hall–Kier alpha value is -3.48. The van der Waals surface area contributed by atoms with Crippen molar-refractivity contribution in [3.63, 3.8) is 0 Å². The summed E-state index contributed by atoms with van der Waals surface area (Å²) in [7, 11) is 0. The van der Waals surface area contributed by atoms with Crippen molar-refractivity contribution in [1.29, 1.82) is 0 Å². The number of ether oxygens (including phenoxy) is 2. The Kier molecular flexibility index (Phi) is 6.35. The third-order valence-electron chi connectivity index (χ3n) is 6.01. The van der Waals surface area contributed by atoms with E-state index >= 15 is 0 Å². The van der Waals surface area contributed by atoms with Gasteiger partial charge in [0.15, 0.2) is 0 Å². The number of rotatable bonds is 6. The molecule has 166 valence electrons. The first kappa shape index (κ1) is 21.7. The Morgan fingerprint density at radius 2 is 1.62 bits per heavy atom. The fraction of sp³-hybridized carbons (Fsp3) is 0.360. The van der Waals surface area contributed by atoms with E-state index in [0.717, 1.165) is 12.8 Å². The molecule has 1 aliphatic heterocycles. The van der Waals surface area contributed by atoms with Crippen molar-refractivity contribution in [3.8, 4) is 0 Å². The fourth-order valence-electron chi connectivity index (χ4n) is 4.46. The van der Waals surface area contributed by atoms with Gasteiger partial charge >= 0.3 is 11.9 Å². The van der Waals surface area contributed by atoms with Crippen LogP contribution in [-0.4, -0.2) is 30.4 Å². The van der Waals surface area contributed by atoms with Crippen LogP contribution in [0, 0.1) is 11.8 Å². The summed E-state index contributed by atoms with van der Waals surface area (Å²) in [4.78, 5) is 52.3. The predicted octanol–water partition coefficient (Wildman–Crippen LogP) is 3.83. The van der Waals surface area contributed by atoms with Crippen LogP contribution in [0.3, 0.4) is 0 Å². The Balaban J connectivity index is 1.57. The van der Waals surface area contributed by atoms with Crippen LogP contribution in [0.25, 0.3) is 0 Å². The molecule has 2 amide bonds. The average molecular weight is 435 g/mol. The van der Waals surface area contributed by atoms with Crippen LogP contribution in [0.15, 0.2) is 54.6 Å². The van der Waals surface area contributed by atoms with Gasteiger partial charge in [-0.25, -0.2) is 9.59 Å². The number of hydrogen-bond acceptors (Lipinski definition) is 6. The molecular formula is C25H25NO6. The largest absolute Gasteiger partial charge is 0.463 e. The maximum absolute atomic E-state index is 12.9. The third kappa shape index (κ3) is 4.15. The molecule has 0 aromatic heterocycles. The highest BCUT2D eigenvalue weighted by atomic mass is 16.6. The first-order chi connectivity index (χ1) is 15.5. The number of anilines is 1. The first-order valence-corrected chi connectivity index (χ1v) is 10.9. The van der Waals surface area contributed by atoms with E-state index in [0.29, 0.717) is 24.1 Å². The number of carbonyl (C=O) groups excluding carboxylic acids is 4. The second kappa shape index (κ2) is 9.34. The lowest BCUT2D eigenvalue weighted by atomic mass is 9.81. The van der Waals surface area contributed by atoms with Crippen LogP contribution < -0.4 is 4.90 Å². The van der Waals surface area contributed by atoms with Gasteiger partial charge in [-0.05, 0) is 38.0 Å². The average Bonchev–Trinajstić information content (AvgIpc) is 3.08. The number of imide groups is 1. The second-order valence-corrected chi connectivity index (χ2v) is 8.01. The number of hydrogen-bond donors (Lipinski definition) is 0. The maximum atomic E-state index is 12.9. The molecule has 2 aromatic rings. The zero-order valence-electron chi connectivity index (χ0n) is 17.9. The van der Waals surface area contributed by atoms with Crippen molar-refractivity contribution in [3.05, 3.63) is 65.7 Å². The van der Waals surface area contributed by atoms with Gasteiger partial charge in [0.1, 0.15) is 0 Å². The summed E-state index contributed by atoms with van der Waals surface area (Å²) < 4.78 is 10.6. The van der Waals surface area contributed by atoms with Crippen LogP contribution >= 0.6 is 0 Å². The van der Waals surface area contributed by atoms with Crippen molar-refractivity contribution in [2.24, 2.45) is 11.8 Å². The molecule has 1 saturated carbocycles. The topological polar surface area (TPSA) is 90.0 Å². The molecule has 3 unspecified atom stereocenters. The molecule has 1 saturated heterocycles. The van der Waals surface area contributed by atoms with Crippen LogP contribution in [0.1, 0.15) is 54.6 Å². The van der Waals surface area contributed by atoms with Crippen LogP contribution in [-0.2, 0) is 23.9 Å². The second-order valence-electron chi connectivity index (χ2n) is 8.01. The molecule has 0 spiro atoms. The molecule has 1 heterocycles. The van der Waals surface area contributed by atoms with Gasteiger partial charge in [0, 0.05) is 5.56 Å². The summed E-state index contributed by atoms with van der Waals surface area (Å²) >= 11 is 0. The van der Waals surface area contributed by atoms with Crippen LogP contribution in [0.2, 0.25) is 0 Å². The van der Waals surface area contributed by atoms with Gasteiger partial charge in [-0.3, -0.25) is 14.5 Å². The Morgan fingerprint density at radius 3 is 2.25 bits per heavy atom. The Morgan fingerprint density at radius 1 is 0.969 bits per heavy atom. The first-order valence-electron chi connectivity index (χ1n) is 10.9. The molecule has 4 rings (SSSR count). The van der Waals surface area contributed by atoms with E-state index in [1.165, 1.54) is 17.0 Å². The molecule has 2 fully saturated rings. The SMILES string of the molecule is CCOC(=O)C(OC(=O)c1cccc(N2C(=O)C3CCCCC3C2=O)c1)c1ccccc1. The van der Waals surface area contributed by atoms with E-state index in [1.54, 1.807) is 49.4 Å². The minimum atomic E-state index is -1.22. The molecule has 3 atom stereocenters. The summed E-state index contributed by atoms with van der Waals surface area (Å²) in [5, 5.41) is 0. The quantitative estimate of drug-likeness (QED) is 0.506. The van der Waals surface area contributed by atoms with Gasteiger partial charge in [0.2, 0.25) is 17.9 Å². The molecule has 2 aromatic carbocycles. The standard InChI is InChI=1S/C25H25NO6/c1-2-31-25(30)21(16-9-4-3-5-10-16)32-24(29)17-11-8-12-18(15-17)26-22(27)19-13-6-7-14-20(19)23(26)28/h3-5,8-12,15,19-21H,2,6-7,13-14H2,1H3. The molecule has 0 bridgehead atoms. The molecule has 7 nitrogen and oxygen atoms in total. The number of carbonyl (C=O) groups is 4. The minimum absolute atomic E-state index is 0.142. The summed E-state index contributed by atoms with van der Waals surface area (Å²) in [5.41, 5.74) is 0.976.